The smallest absolute Gasteiger partial charge is 0.326 e. The van der Waals surface area contributed by atoms with E-state index in [9.17, 15) is 31.1 Å². The average Bonchev–Trinajstić information content (AvgIpc) is 2.58. The number of amides is 1. The van der Waals surface area contributed by atoms with E-state index in [4.69, 9.17) is 5.73 Å². The Bertz CT molecular complexity index is 787. The lowest BCUT2D eigenvalue weighted by molar-refractivity contribution is -0.155. The van der Waals surface area contributed by atoms with Crippen LogP contribution in [0.3, 0.4) is 0 Å². The zero-order valence-electron chi connectivity index (χ0n) is 13.9. The van der Waals surface area contributed by atoms with Crippen molar-refractivity contribution < 1.29 is 31.1 Å². The van der Waals surface area contributed by atoms with Crippen molar-refractivity contribution in [1.82, 2.24) is 0 Å². The van der Waals surface area contributed by atoms with Gasteiger partial charge in [0, 0.05) is 18.7 Å². The van der Waals surface area contributed by atoms with Gasteiger partial charge in [-0.3, -0.25) is 4.79 Å². The fourth-order valence-corrected chi connectivity index (χ4v) is 2.55. The van der Waals surface area contributed by atoms with Crippen LogP contribution in [0.2, 0.25) is 0 Å². The van der Waals surface area contributed by atoms with Crippen molar-refractivity contribution in [2.24, 2.45) is 5.73 Å². The number of anilines is 1. The Morgan fingerprint density at radius 1 is 1.00 bits per heavy atom. The van der Waals surface area contributed by atoms with Gasteiger partial charge in [-0.25, -0.2) is 0 Å². The lowest BCUT2D eigenvalue weighted by Crippen LogP contribution is -2.26. The third-order valence-corrected chi connectivity index (χ3v) is 3.83. The number of carbonyl (C=O) groups excluding carboxylic acids is 1. The van der Waals surface area contributed by atoms with Crippen molar-refractivity contribution >= 4 is 11.6 Å². The third-order valence-electron chi connectivity index (χ3n) is 3.83. The Hall–Kier alpha value is -2.55. The number of alkyl halides is 6. The topological polar surface area (TPSA) is 55.1 Å². The van der Waals surface area contributed by atoms with Crippen molar-refractivity contribution in [3.05, 3.63) is 65.2 Å². The molecule has 3 N–H and O–H groups in total. The molecular weight excluding hydrogens is 374 g/mol. The van der Waals surface area contributed by atoms with E-state index < -0.39 is 36.2 Å². The van der Waals surface area contributed by atoms with E-state index in [2.05, 4.69) is 5.32 Å². The van der Waals surface area contributed by atoms with Gasteiger partial charge >= 0.3 is 12.4 Å². The Labute approximate surface area is 151 Å². The number of carbonyl (C=O) groups is 1. The molecule has 0 aliphatic heterocycles. The highest BCUT2D eigenvalue weighted by Gasteiger charge is 2.42. The van der Waals surface area contributed by atoms with Crippen LogP contribution in [0.1, 0.15) is 29.0 Å². The van der Waals surface area contributed by atoms with Crippen LogP contribution in [0.4, 0.5) is 32.0 Å². The first-order chi connectivity index (χ1) is 12.5. The minimum atomic E-state index is -4.69. The monoisotopic (exact) mass is 390 g/mol. The first-order valence-corrected chi connectivity index (χ1v) is 7.83. The largest absolute Gasteiger partial charge is 0.416 e. The van der Waals surface area contributed by atoms with E-state index in [0.29, 0.717) is 6.07 Å². The van der Waals surface area contributed by atoms with E-state index >= 15 is 0 Å². The fraction of sp³-hybridized carbons (Fsp3) is 0.278. The summed E-state index contributed by atoms with van der Waals surface area (Å²) in [4.78, 5) is 12.1. The van der Waals surface area contributed by atoms with Crippen LogP contribution in [0.15, 0.2) is 48.5 Å². The zero-order valence-corrected chi connectivity index (χ0v) is 13.9. The van der Waals surface area contributed by atoms with Crippen molar-refractivity contribution in [3.63, 3.8) is 0 Å². The molecule has 146 valence electrons. The molecule has 27 heavy (non-hydrogen) atoms. The van der Waals surface area contributed by atoms with Crippen LogP contribution in [0.25, 0.3) is 0 Å². The molecule has 3 nitrogen and oxygen atoms in total. The summed E-state index contributed by atoms with van der Waals surface area (Å²) in [5.74, 6) is -3.12. The van der Waals surface area contributed by atoms with Crippen LogP contribution in [0, 0.1) is 0 Å². The van der Waals surface area contributed by atoms with Gasteiger partial charge in [0.2, 0.25) is 5.91 Å². The maximum absolute atomic E-state index is 13.3. The Balaban J connectivity index is 2.23. The number of nitrogens with one attached hydrogen (secondary N) is 1. The fourth-order valence-electron chi connectivity index (χ4n) is 2.55. The number of nitrogens with two attached hydrogens (primary N) is 1. The molecule has 0 radical (unpaired) electrons. The molecule has 0 aliphatic carbocycles. The van der Waals surface area contributed by atoms with Crippen molar-refractivity contribution in [2.45, 2.75) is 31.2 Å². The van der Waals surface area contributed by atoms with Crippen LogP contribution in [-0.4, -0.2) is 12.1 Å². The number of benzene rings is 2. The molecule has 9 heteroatoms. The minimum Gasteiger partial charge on any atom is -0.326 e. The molecule has 0 heterocycles. The Morgan fingerprint density at radius 2 is 1.63 bits per heavy atom. The molecule has 0 aliphatic rings. The Morgan fingerprint density at radius 3 is 2.15 bits per heavy atom. The van der Waals surface area contributed by atoms with Gasteiger partial charge in [-0.05, 0) is 29.3 Å². The maximum Gasteiger partial charge on any atom is 0.416 e. The summed E-state index contributed by atoms with van der Waals surface area (Å²) < 4.78 is 78.6. The summed E-state index contributed by atoms with van der Waals surface area (Å²) in [5.41, 5.74) is 4.03. The van der Waals surface area contributed by atoms with Gasteiger partial charge < -0.3 is 11.1 Å². The van der Waals surface area contributed by atoms with Crippen LogP contribution in [0.5, 0.6) is 0 Å². The van der Waals surface area contributed by atoms with E-state index in [1.54, 1.807) is 0 Å². The highest BCUT2D eigenvalue weighted by atomic mass is 19.4. The standard InChI is InChI=1S/C18H16F6N2O/c19-17(20,21)13-6-11(10-25)7-14(8-13)26-16(27)9-15(18(22,23)24)12-4-2-1-3-5-12/h1-8,15H,9-10,25H2,(H,26,27). The first kappa shape index (κ1) is 20.8. The average molecular weight is 390 g/mol. The van der Waals surface area contributed by atoms with E-state index in [1.807, 2.05) is 0 Å². The lowest BCUT2D eigenvalue weighted by Gasteiger charge is -2.20. The highest BCUT2D eigenvalue weighted by Crippen LogP contribution is 2.38. The van der Waals surface area contributed by atoms with Crippen molar-refractivity contribution in [2.75, 3.05) is 5.32 Å². The number of hydrogen-bond donors (Lipinski definition) is 2. The zero-order chi connectivity index (χ0) is 20.2. The van der Waals surface area contributed by atoms with Gasteiger partial charge in [0.1, 0.15) is 0 Å². The maximum atomic E-state index is 13.3. The SMILES string of the molecule is NCc1cc(NC(=O)CC(c2ccccc2)C(F)(F)F)cc(C(F)(F)F)c1. The molecular formula is C18H16F6N2O. The van der Waals surface area contributed by atoms with Crippen molar-refractivity contribution in [3.8, 4) is 0 Å². The molecule has 0 aromatic heterocycles. The van der Waals surface area contributed by atoms with Crippen molar-refractivity contribution in [1.29, 1.82) is 0 Å². The summed E-state index contributed by atoms with van der Waals surface area (Å²) in [5, 5.41) is 2.11. The molecule has 2 aromatic rings. The van der Waals surface area contributed by atoms with Gasteiger partial charge in [0.25, 0.3) is 0 Å². The minimum absolute atomic E-state index is 0.0931. The molecule has 0 fully saturated rings. The highest BCUT2D eigenvalue weighted by molar-refractivity contribution is 5.91. The normalized spacial score (nSPS) is 13.3. The van der Waals surface area contributed by atoms with Gasteiger partial charge in [-0.15, -0.1) is 0 Å². The van der Waals surface area contributed by atoms with Gasteiger partial charge in [-0.2, -0.15) is 26.3 Å². The van der Waals surface area contributed by atoms with E-state index in [-0.39, 0.29) is 23.4 Å². The predicted molar refractivity (Wildman–Crippen MR) is 87.8 cm³/mol. The van der Waals surface area contributed by atoms with Gasteiger partial charge in [0.05, 0.1) is 11.5 Å². The quantitative estimate of drug-likeness (QED) is 0.718. The number of hydrogen-bond acceptors (Lipinski definition) is 2. The Kier molecular flexibility index (Phi) is 6.15. The number of halogens is 6. The predicted octanol–water partition coefficient (Wildman–Crippen LogP) is 4.84. The second-order valence-corrected chi connectivity index (χ2v) is 5.88. The number of rotatable bonds is 5. The van der Waals surface area contributed by atoms with Crippen LogP contribution in [-0.2, 0) is 17.5 Å². The first-order valence-electron chi connectivity index (χ1n) is 7.83. The molecule has 0 bridgehead atoms. The summed E-state index contributed by atoms with van der Waals surface area (Å²) >= 11 is 0. The van der Waals surface area contributed by atoms with E-state index in [0.717, 1.165) is 6.07 Å². The lowest BCUT2D eigenvalue weighted by atomic mass is 9.94. The molecule has 0 spiro atoms. The molecule has 2 rings (SSSR count). The summed E-state index contributed by atoms with van der Waals surface area (Å²) in [7, 11) is 0. The molecule has 1 amide bonds. The van der Waals surface area contributed by atoms with Crippen LogP contribution >= 0.6 is 0 Å². The molecule has 1 unspecified atom stereocenters. The molecule has 0 saturated carbocycles. The van der Waals surface area contributed by atoms with E-state index in [1.165, 1.54) is 36.4 Å². The summed E-state index contributed by atoms with van der Waals surface area (Å²) in [6.45, 7) is -0.220. The van der Waals surface area contributed by atoms with Crippen LogP contribution < -0.4 is 11.1 Å². The summed E-state index contributed by atoms with van der Waals surface area (Å²) in [6.07, 6.45) is -10.3. The van der Waals surface area contributed by atoms with Gasteiger partial charge in [-0.1, -0.05) is 30.3 Å². The molecule has 0 saturated heterocycles. The van der Waals surface area contributed by atoms with Gasteiger partial charge in [0.15, 0.2) is 0 Å². The molecule has 1 atom stereocenters. The molecule has 2 aromatic carbocycles. The second kappa shape index (κ2) is 7.99. The third kappa shape index (κ3) is 5.72. The second-order valence-electron chi connectivity index (χ2n) is 5.88. The summed E-state index contributed by atoms with van der Waals surface area (Å²) in [6, 6.07) is 9.50.